The Bertz CT molecular complexity index is 995. The van der Waals surface area contributed by atoms with Gasteiger partial charge < -0.3 is 19.3 Å². The number of carbonyl (C=O) groups excluding carboxylic acids is 1. The third kappa shape index (κ3) is 4.62. The van der Waals surface area contributed by atoms with Gasteiger partial charge >= 0.3 is 0 Å². The highest BCUT2D eigenvalue weighted by Gasteiger charge is 2.19. The van der Waals surface area contributed by atoms with Crippen molar-refractivity contribution in [2.75, 3.05) is 13.2 Å². The van der Waals surface area contributed by atoms with Gasteiger partial charge in [0, 0.05) is 30.1 Å². The molecule has 0 bridgehead atoms. The molecular weight excluding hydrogens is 386 g/mol. The molecule has 0 saturated carbocycles. The highest BCUT2D eigenvalue weighted by atomic mass is 16.5. The van der Waals surface area contributed by atoms with Crippen LogP contribution in [0.25, 0.3) is 11.3 Å². The monoisotopic (exact) mass is 409 g/mol. The van der Waals surface area contributed by atoms with Gasteiger partial charge in [-0.25, -0.2) is 0 Å². The highest BCUT2D eigenvalue weighted by Crippen LogP contribution is 2.26. The lowest BCUT2D eigenvalue weighted by atomic mass is 10.1. The number of hydrogen-bond donors (Lipinski definition) is 1. The molecule has 0 radical (unpaired) electrons. The van der Waals surface area contributed by atoms with E-state index in [4.69, 9.17) is 14.0 Å². The molecule has 4 rings (SSSR count). The van der Waals surface area contributed by atoms with E-state index in [1.54, 1.807) is 18.3 Å². The number of aryl methyl sites for hydroxylation is 2. The predicted molar refractivity (Wildman–Crippen MR) is 107 cm³/mol. The topological polar surface area (TPSA) is 112 Å². The second-order valence-electron chi connectivity index (χ2n) is 7.19. The Balaban J connectivity index is 1.39. The molecule has 0 aliphatic carbocycles. The van der Waals surface area contributed by atoms with Crippen LogP contribution < -0.4 is 10.1 Å². The van der Waals surface area contributed by atoms with Gasteiger partial charge in [0.05, 0.1) is 18.2 Å². The van der Waals surface area contributed by atoms with E-state index in [-0.39, 0.29) is 24.2 Å². The lowest BCUT2D eigenvalue weighted by Crippen LogP contribution is -2.40. The summed E-state index contributed by atoms with van der Waals surface area (Å²) in [7, 11) is 0. The van der Waals surface area contributed by atoms with Gasteiger partial charge in [-0.05, 0) is 44.9 Å². The Morgan fingerprint density at radius 2 is 2.13 bits per heavy atom. The number of pyridine rings is 1. The molecule has 4 heterocycles. The zero-order valence-electron chi connectivity index (χ0n) is 16.9. The molecule has 1 N–H and O–H groups in total. The number of carbonyl (C=O) groups is 1. The Labute approximate surface area is 173 Å². The van der Waals surface area contributed by atoms with Crippen molar-refractivity contribution < 1.29 is 18.8 Å². The molecule has 3 aromatic rings. The second kappa shape index (κ2) is 9.00. The number of nitrogens with one attached hydrogen (secondary N) is 1. The van der Waals surface area contributed by atoms with Crippen LogP contribution >= 0.6 is 0 Å². The van der Waals surface area contributed by atoms with Crippen molar-refractivity contribution in [3.8, 4) is 17.1 Å². The molecule has 1 saturated heterocycles. The average molecular weight is 409 g/mol. The maximum absolute atomic E-state index is 12.3. The molecule has 1 fully saturated rings. The van der Waals surface area contributed by atoms with E-state index in [1.165, 1.54) is 0 Å². The van der Waals surface area contributed by atoms with Crippen LogP contribution in [0, 0.1) is 13.8 Å². The summed E-state index contributed by atoms with van der Waals surface area (Å²) in [5.74, 6) is 0.693. The van der Waals surface area contributed by atoms with Crippen molar-refractivity contribution in [2.45, 2.75) is 39.3 Å². The first-order valence-corrected chi connectivity index (χ1v) is 9.83. The van der Waals surface area contributed by atoms with Gasteiger partial charge in [-0.1, -0.05) is 5.16 Å². The van der Waals surface area contributed by atoms with Crippen LogP contribution in [0.5, 0.6) is 5.88 Å². The molecule has 0 spiro atoms. The lowest BCUT2D eigenvalue weighted by molar-refractivity contribution is 0.0621. The molecule has 9 nitrogen and oxygen atoms in total. The summed E-state index contributed by atoms with van der Waals surface area (Å²) in [5.41, 5.74) is 3.49. The molecule has 1 aliphatic heterocycles. The van der Waals surface area contributed by atoms with Gasteiger partial charge in [0.15, 0.2) is 5.69 Å². The summed E-state index contributed by atoms with van der Waals surface area (Å²) in [6.07, 6.45) is 3.59. The van der Waals surface area contributed by atoms with Gasteiger partial charge in [0.25, 0.3) is 5.91 Å². The van der Waals surface area contributed by atoms with Gasteiger partial charge in [-0.15, -0.1) is 10.2 Å². The fraction of sp³-hybridized carbons (Fsp3) is 0.381. The summed E-state index contributed by atoms with van der Waals surface area (Å²) in [6, 6.07) is 7.07. The fourth-order valence-electron chi connectivity index (χ4n) is 3.17. The molecule has 1 atom stereocenters. The van der Waals surface area contributed by atoms with E-state index in [0.717, 1.165) is 36.3 Å². The van der Waals surface area contributed by atoms with Crippen molar-refractivity contribution in [2.24, 2.45) is 0 Å². The third-order valence-corrected chi connectivity index (χ3v) is 4.90. The minimum Gasteiger partial charge on any atom is -0.472 e. The van der Waals surface area contributed by atoms with Gasteiger partial charge in [-0.3, -0.25) is 9.78 Å². The SMILES string of the molecule is Cc1ccc(-c2noc(C)c2COc2ccc(C(=O)NC3CCCOC3)nn2)cn1. The molecule has 1 amide bonds. The molecular formula is C21H23N5O4. The first-order chi connectivity index (χ1) is 14.6. The molecule has 1 unspecified atom stereocenters. The first kappa shape index (κ1) is 20.0. The Hall–Kier alpha value is -3.33. The first-order valence-electron chi connectivity index (χ1n) is 9.83. The Morgan fingerprint density at radius 3 is 2.83 bits per heavy atom. The number of aromatic nitrogens is 4. The van der Waals surface area contributed by atoms with Crippen LogP contribution in [0.4, 0.5) is 0 Å². The zero-order valence-corrected chi connectivity index (χ0v) is 16.9. The molecule has 30 heavy (non-hydrogen) atoms. The maximum atomic E-state index is 12.3. The van der Waals surface area contributed by atoms with Crippen LogP contribution in [0.3, 0.4) is 0 Å². The van der Waals surface area contributed by atoms with Crippen molar-refractivity contribution >= 4 is 5.91 Å². The van der Waals surface area contributed by atoms with E-state index in [9.17, 15) is 4.79 Å². The second-order valence-corrected chi connectivity index (χ2v) is 7.19. The maximum Gasteiger partial charge on any atom is 0.272 e. The summed E-state index contributed by atoms with van der Waals surface area (Å²) < 4.78 is 16.5. The quantitative estimate of drug-likeness (QED) is 0.661. The minimum absolute atomic E-state index is 0.00947. The number of nitrogens with zero attached hydrogens (tertiary/aromatic N) is 4. The minimum atomic E-state index is -0.270. The summed E-state index contributed by atoms with van der Waals surface area (Å²) in [4.78, 5) is 16.6. The standard InChI is InChI=1S/C21H23N5O4/c1-13-5-6-15(10-22-13)20-17(14(2)30-26-20)12-29-19-8-7-18(24-25-19)21(27)23-16-4-3-9-28-11-16/h5-8,10,16H,3-4,9,11-12H2,1-2H3,(H,23,27). The highest BCUT2D eigenvalue weighted by molar-refractivity contribution is 5.92. The van der Waals surface area contributed by atoms with Gasteiger partial charge in [-0.2, -0.15) is 0 Å². The molecule has 0 aromatic carbocycles. The largest absolute Gasteiger partial charge is 0.472 e. The fourth-order valence-corrected chi connectivity index (χ4v) is 3.17. The molecule has 156 valence electrons. The predicted octanol–water partition coefficient (Wildman–Crippen LogP) is 2.63. The van der Waals surface area contributed by atoms with E-state index in [0.29, 0.717) is 23.9 Å². The third-order valence-electron chi connectivity index (χ3n) is 4.90. The number of amides is 1. The van der Waals surface area contributed by atoms with E-state index in [2.05, 4.69) is 25.7 Å². The van der Waals surface area contributed by atoms with E-state index < -0.39 is 0 Å². The molecule has 1 aliphatic rings. The summed E-state index contributed by atoms with van der Waals surface area (Å²) in [5, 5.41) is 15.0. The van der Waals surface area contributed by atoms with Crippen LogP contribution in [-0.4, -0.2) is 45.5 Å². The van der Waals surface area contributed by atoms with Crippen molar-refractivity contribution in [3.05, 3.63) is 53.2 Å². The zero-order chi connectivity index (χ0) is 20.9. The summed E-state index contributed by atoms with van der Waals surface area (Å²) >= 11 is 0. The van der Waals surface area contributed by atoms with Crippen LogP contribution in [0.1, 0.15) is 40.3 Å². The van der Waals surface area contributed by atoms with Gasteiger partial charge in [0.1, 0.15) is 18.1 Å². The Morgan fingerprint density at radius 1 is 1.23 bits per heavy atom. The van der Waals surface area contributed by atoms with Crippen molar-refractivity contribution in [1.82, 2.24) is 25.7 Å². The normalized spacial score (nSPS) is 16.3. The molecule has 9 heteroatoms. The van der Waals surface area contributed by atoms with Gasteiger partial charge in [0.2, 0.25) is 5.88 Å². The number of rotatable bonds is 6. The van der Waals surface area contributed by atoms with Crippen LogP contribution in [0.2, 0.25) is 0 Å². The number of hydrogen-bond acceptors (Lipinski definition) is 8. The van der Waals surface area contributed by atoms with Crippen LogP contribution in [-0.2, 0) is 11.3 Å². The van der Waals surface area contributed by atoms with Crippen molar-refractivity contribution in [1.29, 1.82) is 0 Å². The van der Waals surface area contributed by atoms with E-state index >= 15 is 0 Å². The molecule has 3 aromatic heterocycles. The van der Waals surface area contributed by atoms with E-state index in [1.807, 2.05) is 26.0 Å². The summed E-state index contributed by atoms with van der Waals surface area (Å²) in [6.45, 7) is 5.22. The van der Waals surface area contributed by atoms with Crippen LogP contribution in [0.15, 0.2) is 35.0 Å². The number of ether oxygens (including phenoxy) is 2. The average Bonchev–Trinajstić information content (AvgIpc) is 3.14. The van der Waals surface area contributed by atoms with Crippen molar-refractivity contribution in [3.63, 3.8) is 0 Å². The smallest absolute Gasteiger partial charge is 0.272 e. The Kier molecular flexibility index (Phi) is 5.99. The lowest BCUT2D eigenvalue weighted by Gasteiger charge is -2.22.